The van der Waals surface area contributed by atoms with Gasteiger partial charge in [0.25, 0.3) is 0 Å². The number of hydrogen-bond acceptors (Lipinski definition) is 6. The zero-order valence-corrected chi connectivity index (χ0v) is 49.8. The number of H-pyrrole nitrogens is 2. The number of aromatic nitrogens is 4. The van der Waals surface area contributed by atoms with Crippen LogP contribution in [-0.4, -0.2) is 44.1 Å². The topological polar surface area (TPSA) is 222 Å². The highest BCUT2D eigenvalue weighted by Gasteiger charge is 2.24. The first-order valence-corrected chi connectivity index (χ1v) is 30.1. The third-order valence-electron chi connectivity index (χ3n) is 15.7. The monoisotopic (exact) mass is 1210 g/mol. The Kier molecular flexibility index (Phi) is 17.3. The maximum atomic E-state index is 14.0. The fraction of sp³-hybridized carbons (Fsp3) is 0.0526. The lowest BCUT2D eigenvalue weighted by atomic mass is 10.0. The van der Waals surface area contributed by atoms with E-state index in [9.17, 15) is 19.2 Å². The van der Waals surface area contributed by atoms with Gasteiger partial charge in [-0.2, -0.15) is 0 Å². The molecule has 8 aromatic carbocycles. The molecular formula is C76H62N12O4. The van der Waals surface area contributed by atoms with Crippen molar-refractivity contribution >= 4 is 93.2 Å². The second kappa shape index (κ2) is 27.2. The van der Waals surface area contributed by atoms with Crippen LogP contribution in [0.4, 0.5) is 41.9 Å². The van der Waals surface area contributed by atoms with Gasteiger partial charge in [0.1, 0.15) is 0 Å². The SMILES string of the molecule is O=C(NCc1ccccc1)Nc1ccccc1-c1c2nc(c(-c3ccccc3NC(=O)NCc3ccccc3)c3ccc([nH]3)c(-c3ccccc3NC(=O)NCc3ccccc3)c3nc(c(-c4ccccc4NC(=O)NCc4ccccc4)c4ccc1[nH]4)C=C3)C=C2. The largest absolute Gasteiger partial charge is 0.354 e. The van der Waals surface area contributed by atoms with Gasteiger partial charge in [0.2, 0.25) is 0 Å². The maximum absolute atomic E-state index is 14.0. The van der Waals surface area contributed by atoms with Gasteiger partial charge in [-0.05, 0) is 95.1 Å². The first-order chi connectivity index (χ1) is 45.2. The fourth-order valence-corrected chi connectivity index (χ4v) is 11.4. The van der Waals surface area contributed by atoms with E-state index in [1.54, 1.807) is 0 Å². The van der Waals surface area contributed by atoms with Crippen LogP contribution in [0.3, 0.4) is 0 Å². The van der Waals surface area contributed by atoms with Crippen LogP contribution < -0.4 is 42.5 Å². The number of urea groups is 4. The van der Waals surface area contributed by atoms with Crippen molar-refractivity contribution < 1.29 is 19.2 Å². The Hall–Kier alpha value is -12.6. The number of amides is 8. The molecule has 92 heavy (non-hydrogen) atoms. The van der Waals surface area contributed by atoms with Gasteiger partial charge in [0, 0.05) is 92.8 Å². The number of aromatic amines is 2. The molecule has 2 aliphatic rings. The number of para-hydroxylation sites is 4. The number of benzene rings is 8. The minimum Gasteiger partial charge on any atom is -0.354 e. The number of rotatable bonds is 16. The second-order valence-electron chi connectivity index (χ2n) is 21.9. The van der Waals surface area contributed by atoms with Crippen LogP contribution in [0.1, 0.15) is 45.0 Å². The van der Waals surface area contributed by atoms with E-state index in [0.717, 1.165) is 22.3 Å². The van der Waals surface area contributed by atoms with Crippen molar-refractivity contribution in [1.82, 2.24) is 41.2 Å². The Morgan fingerprint density at radius 1 is 0.261 bits per heavy atom. The molecule has 0 radical (unpaired) electrons. The molecule has 5 heterocycles. The Morgan fingerprint density at radius 2 is 0.467 bits per heavy atom. The quantitative estimate of drug-likeness (QED) is 0.0453. The molecule has 13 rings (SSSR count). The Bertz CT molecular complexity index is 4200. The molecule has 10 N–H and O–H groups in total. The van der Waals surface area contributed by atoms with Gasteiger partial charge in [-0.25, -0.2) is 29.1 Å². The Morgan fingerprint density at radius 3 is 0.696 bits per heavy atom. The first kappa shape index (κ1) is 58.5. The number of anilines is 4. The summed E-state index contributed by atoms with van der Waals surface area (Å²) in [5.74, 6) is 0. The Balaban J connectivity index is 1.04. The van der Waals surface area contributed by atoms with E-state index in [1.165, 1.54) is 0 Å². The molecule has 2 aliphatic heterocycles. The van der Waals surface area contributed by atoms with Gasteiger partial charge in [-0.15, -0.1) is 0 Å². The molecule has 8 bridgehead atoms. The van der Waals surface area contributed by atoms with Crippen molar-refractivity contribution in [2.45, 2.75) is 26.2 Å². The zero-order valence-electron chi connectivity index (χ0n) is 49.8. The van der Waals surface area contributed by atoms with Gasteiger partial charge in [0.15, 0.2) is 0 Å². The molecule has 0 aliphatic carbocycles. The third kappa shape index (κ3) is 13.4. The average molecular weight is 1210 g/mol. The summed E-state index contributed by atoms with van der Waals surface area (Å²) in [4.78, 5) is 74.5. The molecule has 16 heteroatoms. The maximum Gasteiger partial charge on any atom is 0.319 e. The first-order valence-electron chi connectivity index (χ1n) is 30.1. The smallest absolute Gasteiger partial charge is 0.319 e. The van der Waals surface area contributed by atoms with Gasteiger partial charge in [-0.1, -0.05) is 194 Å². The third-order valence-corrected chi connectivity index (χ3v) is 15.7. The molecule has 0 fully saturated rings. The van der Waals surface area contributed by atoms with Crippen LogP contribution in [0.15, 0.2) is 243 Å². The summed E-state index contributed by atoms with van der Waals surface area (Å²) >= 11 is 0. The highest BCUT2D eigenvalue weighted by molar-refractivity contribution is 6.07. The summed E-state index contributed by atoms with van der Waals surface area (Å²) in [5, 5.41) is 24.7. The van der Waals surface area contributed by atoms with Crippen molar-refractivity contribution in [2.75, 3.05) is 21.3 Å². The summed E-state index contributed by atoms with van der Waals surface area (Å²) in [6.45, 7) is 1.22. The summed E-state index contributed by atoms with van der Waals surface area (Å²) in [6.07, 6.45) is 7.80. The van der Waals surface area contributed by atoms with Crippen LogP contribution in [0, 0.1) is 0 Å². The van der Waals surface area contributed by atoms with E-state index in [2.05, 4.69) is 52.5 Å². The molecule has 0 saturated carbocycles. The second-order valence-corrected chi connectivity index (χ2v) is 21.9. The summed E-state index contributed by atoms with van der Waals surface area (Å²) in [7, 11) is 0. The van der Waals surface area contributed by atoms with E-state index >= 15 is 0 Å². The number of nitrogens with one attached hydrogen (secondary N) is 10. The zero-order chi connectivity index (χ0) is 62.6. The fourth-order valence-electron chi connectivity index (χ4n) is 11.4. The van der Waals surface area contributed by atoms with E-state index in [4.69, 9.17) is 9.97 Å². The number of nitrogens with zero attached hydrogens (tertiary/aromatic N) is 2. The molecule has 11 aromatic rings. The van der Waals surface area contributed by atoms with Gasteiger partial charge in [-0.3, -0.25) is 0 Å². The Labute approximate surface area is 530 Å². The minimum absolute atomic E-state index is 0.305. The molecule has 8 amide bonds. The van der Waals surface area contributed by atoms with Gasteiger partial charge >= 0.3 is 24.1 Å². The van der Waals surface area contributed by atoms with Crippen LogP contribution in [-0.2, 0) is 26.2 Å². The van der Waals surface area contributed by atoms with Crippen LogP contribution in [0.25, 0.3) is 90.9 Å². The standard InChI is InChI=1S/C76H62N12O4/c89-73(77-45-49-21-5-1-6-22-49)85-57-33-17-13-29-53(57)69-61-37-39-63(81-61)70(54-30-14-18-34-58(54)86-74(90)78-46-50-23-7-2-8-24-50)65-41-43-67(83-65)72(56-32-16-20-36-60(56)88-76(92)80-48-52-27-11-4-12-28-52)68-44-42-66(84-68)71(64-40-38-62(69)82-64)55-31-15-19-35-59(55)87-75(91)79-47-51-25-9-3-10-26-51/h1-44,81,84H,45-48H2,(H2,77,85,89)(H2,78,86,90)(H2,79,87,91)(H2,80,88,92). The number of carbonyl (C=O) groups is 4. The van der Waals surface area contributed by atoms with Gasteiger partial charge < -0.3 is 52.5 Å². The van der Waals surface area contributed by atoms with Crippen LogP contribution in [0.5, 0.6) is 0 Å². The van der Waals surface area contributed by atoms with Crippen molar-refractivity contribution in [1.29, 1.82) is 0 Å². The van der Waals surface area contributed by atoms with Crippen molar-refractivity contribution in [2.24, 2.45) is 0 Å². The summed E-state index contributed by atoms with van der Waals surface area (Å²) in [6, 6.07) is 75.5. The summed E-state index contributed by atoms with van der Waals surface area (Å²) < 4.78 is 0. The van der Waals surface area contributed by atoms with Crippen molar-refractivity contribution in [3.8, 4) is 44.5 Å². The lowest BCUT2D eigenvalue weighted by molar-refractivity contribution is 0.251. The lowest BCUT2D eigenvalue weighted by Crippen LogP contribution is -2.28. The summed E-state index contributed by atoms with van der Waals surface area (Å²) in [5.41, 5.74) is 15.9. The molecular weight excluding hydrogens is 1140 g/mol. The average Bonchev–Trinajstić information content (AvgIpc) is 1.61. The highest BCUT2D eigenvalue weighted by Crippen LogP contribution is 2.43. The molecule has 0 saturated heterocycles. The minimum atomic E-state index is -0.403. The van der Waals surface area contributed by atoms with Gasteiger partial charge in [0.05, 0.1) is 45.5 Å². The molecule has 0 unspecified atom stereocenters. The predicted octanol–water partition coefficient (Wildman–Crippen LogP) is 16.6. The molecule has 16 nitrogen and oxygen atoms in total. The number of hydrogen-bond donors (Lipinski definition) is 10. The normalized spacial score (nSPS) is 11.3. The number of fused-ring (bicyclic) bond motifs is 8. The molecule has 450 valence electrons. The number of carbonyl (C=O) groups excluding carboxylic acids is 4. The molecule has 0 spiro atoms. The molecule has 3 aromatic heterocycles. The lowest BCUT2D eigenvalue weighted by Gasteiger charge is -2.15. The van der Waals surface area contributed by atoms with Crippen LogP contribution >= 0.6 is 0 Å². The molecule has 0 atom stereocenters. The van der Waals surface area contributed by atoms with Crippen molar-refractivity contribution in [3.63, 3.8) is 0 Å². The highest BCUT2D eigenvalue weighted by atomic mass is 16.2. The van der Waals surface area contributed by atoms with E-state index in [1.807, 2.05) is 267 Å². The van der Waals surface area contributed by atoms with Crippen molar-refractivity contribution in [3.05, 3.63) is 288 Å². The van der Waals surface area contributed by atoms with Crippen LogP contribution in [0.2, 0.25) is 0 Å². The van der Waals surface area contributed by atoms with E-state index in [-0.39, 0.29) is 0 Å². The van der Waals surface area contributed by atoms with E-state index in [0.29, 0.717) is 138 Å². The van der Waals surface area contributed by atoms with E-state index < -0.39 is 24.1 Å². The predicted molar refractivity (Wildman–Crippen MR) is 370 cm³/mol.